The summed E-state index contributed by atoms with van der Waals surface area (Å²) in [6.45, 7) is 0.790. The van der Waals surface area contributed by atoms with Crippen molar-refractivity contribution >= 4 is 17.9 Å². The van der Waals surface area contributed by atoms with E-state index < -0.39 is 0 Å². The summed E-state index contributed by atoms with van der Waals surface area (Å²) in [6, 6.07) is 12.5. The largest absolute Gasteiger partial charge is 0.504 e. The normalized spacial score (nSPS) is 11.3. The summed E-state index contributed by atoms with van der Waals surface area (Å²) in [6.07, 6.45) is 6.87. The van der Waals surface area contributed by atoms with Crippen molar-refractivity contribution in [2.75, 3.05) is 32.7 Å². The number of rotatable bonds is 7. The van der Waals surface area contributed by atoms with Crippen LogP contribution in [0.5, 0.6) is 11.5 Å². The number of hydrogen-bond acceptors (Lipinski definition) is 4. The molecule has 0 heterocycles. The van der Waals surface area contributed by atoms with E-state index >= 15 is 0 Å². The maximum absolute atomic E-state index is 10.2. The van der Waals surface area contributed by atoms with Gasteiger partial charge in [-0.25, -0.2) is 4.99 Å². The van der Waals surface area contributed by atoms with Gasteiger partial charge in [0, 0.05) is 31.0 Å². The lowest BCUT2D eigenvalue weighted by atomic mass is 10.1. The standard InChI is InChI=1S/C20H21N3O3/c1-4-15-6-5-7-17(12-15)23-20(22-14-21-2)16-8-9-19(18(24)13-16)26-11-10-25-3/h1,5-9,12-14,24H,10-11H2,2-3H3,(H,21,22,23). The number of aliphatic imine (C=N–C) groups is 2. The summed E-state index contributed by atoms with van der Waals surface area (Å²) >= 11 is 0. The molecule has 0 unspecified atom stereocenters. The molecule has 0 aromatic heterocycles. The van der Waals surface area contributed by atoms with Crippen LogP contribution in [0.1, 0.15) is 11.1 Å². The van der Waals surface area contributed by atoms with E-state index in [1.807, 2.05) is 24.3 Å². The van der Waals surface area contributed by atoms with Gasteiger partial charge in [-0.2, -0.15) is 0 Å². The van der Waals surface area contributed by atoms with Crippen LogP contribution in [0.3, 0.4) is 0 Å². The molecule has 0 aliphatic carbocycles. The van der Waals surface area contributed by atoms with Gasteiger partial charge in [-0.1, -0.05) is 12.0 Å². The number of aromatic hydroxyl groups is 1. The minimum Gasteiger partial charge on any atom is -0.504 e. The molecule has 0 amide bonds. The molecule has 2 aromatic rings. The van der Waals surface area contributed by atoms with E-state index in [0.29, 0.717) is 30.4 Å². The van der Waals surface area contributed by atoms with Gasteiger partial charge >= 0.3 is 0 Å². The highest BCUT2D eigenvalue weighted by atomic mass is 16.5. The number of nitrogens with zero attached hydrogens (tertiary/aromatic N) is 2. The van der Waals surface area contributed by atoms with Crippen molar-refractivity contribution in [3.8, 4) is 23.8 Å². The van der Waals surface area contributed by atoms with Crippen LogP contribution in [-0.4, -0.2) is 44.7 Å². The summed E-state index contributed by atoms with van der Waals surface area (Å²) in [4.78, 5) is 8.18. The molecule has 0 spiro atoms. The molecule has 0 aliphatic rings. The Morgan fingerprint density at radius 3 is 2.81 bits per heavy atom. The van der Waals surface area contributed by atoms with E-state index in [9.17, 15) is 5.11 Å². The fraction of sp³-hybridized carbons (Fsp3) is 0.200. The van der Waals surface area contributed by atoms with E-state index in [1.54, 1.807) is 32.4 Å². The number of phenolic OH excluding ortho intramolecular Hbond substituents is 1. The lowest BCUT2D eigenvalue weighted by molar-refractivity contribution is 0.144. The molecule has 6 nitrogen and oxygen atoms in total. The molecule has 6 heteroatoms. The molecule has 2 N–H and O–H groups in total. The first-order valence-corrected chi connectivity index (χ1v) is 7.95. The van der Waals surface area contributed by atoms with Crippen molar-refractivity contribution < 1.29 is 14.6 Å². The van der Waals surface area contributed by atoms with Gasteiger partial charge in [0.1, 0.15) is 18.8 Å². The molecule has 2 rings (SSSR count). The second-order valence-corrected chi connectivity index (χ2v) is 5.23. The van der Waals surface area contributed by atoms with Crippen LogP contribution in [0.25, 0.3) is 0 Å². The molecule has 0 atom stereocenters. The van der Waals surface area contributed by atoms with Gasteiger partial charge in [0.05, 0.1) is 6.61 Å². The summed E-state index contributed by atoms with van der Waals surface area (Å²) in [7, 11) is 3.22. The van der Waals surface area contributed by atoms with Crippen molar-refractivity contribution in [1.29, 1.82) is 0 Å². The number of methoxy groups -OCH3 is 1. The summed E-state index contributed by atoms with van der Waals surface area (Å²) in [5.74, 6) is 3.50. The van der Waals surface area contributed by atoms with Crippen LogP contribution in [0, 0.1) is 12.3 Å². The highest BCUT2D eigenvalue weighted by Gasteiger charge is 2.09. The Morgan fingerprint density at radius 1 is 1.27 bits per heavy atom. The molecule has 2 aromatic carbocycles. The number of phenols is 1. The third-order valence-corrected chi connectivity index (χ3v) is 3.37. The smallest absolute Gasteiger partial charge is 0.161 e. The molecule has 0 radical (unpaired) electrons. The van der Waals surface area contributed by atoms with Crippen molar-refractivity contribution in [2.45, 2.75) is 0 Å². The number of amidine groups is 1. The lowest BCUT2D eigenvalue weighted by Gasteiger charge is -2.12. The van der Waals surface area contributed by atoms with Gasteiger partial charge in [-0.3, -0.25) is 4.99 Å². The minimum absolute atomic E-state index is 0.0129. The van der Waals surface area contributed by atoms with Crippen molar-refractivity contribution in [3.05, 3.63) is 53.6 Å². The van der Waals surface area contributed by atoms with Crippen LogP contribution in [0.15, 0.2) is 52.4 Å². The van der Waals surface area contributed by atoms with E-state index in [2.05, 4.69) is 21.2 Å². The number of hydrogen-bond donors (Lipinski definition) is 2. The number of terminal acetylenes is 1. The first-order valence-electron chi connectivity index (χ1n) is 7.95. The van der Waals surface area contributed by atoms with Crippen molar-refractivity contribution in [2.24, 2.45) is 9.98 Å². The third kappa shape index (κ3) is 5.36. The average Bonchev–Trinajstić information content (AvgIpc) is 2.66. The van der Waals surface area contributed by atoms with Gasteiger partial charge in [0.15, 0.2) is 11.5 Å². The van der Waals surface area contributed by atoms with Crippen molar-refractivity contribution in [3.63, 3.8) is 0 Å². The fourth-order valence-corrected chi connectivity index (χ4v) is 2.14. The van der Waals surface area contributed by atoms with Crippen LogP contribution in [0.4, 0.5) is 5.69 Å². The van der Waals surface area contributed by atoms with Gasteiger partial charge in [0.2, 0.25) is 0 Å². The first kappa shape index (κ1) is 19.0. The van der Waals surface area contributed by atoms with Crippen LogP contribution < -0.4 is 10.1 Å². The zero-order valence-corrected chi connectivity index (χ0v) is 14.8. The molecule has 0 aliphatic heterocycles. The fourth-order valence-electron chi connectivity index (χ4n) is 2.14. The van der Waals surface area contributed by atoms with Crippen LogP contribution >= 0.6 is 0 Å². The quantitative estimate of drug-likeness (QED) is 0.348. The van der Waals surface area contributed by atoms with Gasteiger partial charge < -0.3 is 19.9 Å². The monoisotopic (exact) mass is 351 g/mol. The lowest BCUT2D eigenvalue weighted by Crippen LogP contribution is -2.14. The van der Waals surface area contributed by atoms with Crippen LogP contribution in [0.2, 0.25) is 0 Å². The second-order valence-electron chi connectivity index (χ2n) is 5.23. The van der Waals surface area contributed by atoms with E-state index in [4.69, 9.17) is 15.9 Å². The average molecular weight is 351 g/mol. The highest BCUT2D eigenvalue weighted by molar-refractivity contribution is 6.11. The van der Waals surface area contributed by atoms with Gasteiger partial charge in [-0.05, 0) is 36.4 Å². The SMILES string of the molecule is C#Cc1cccc(NC(=NC=NC)c2ccc(OCCOC)c(O)c2)c1. The molecular weight excluding hydrogens is 330 g/mol. The molecule has 26 heavy (non-hydrogen) atoms. The van der Waals surface area contributed by atoms with Crippen molar-refractivity contribution in [1.82, 2.24) is 0 Å². The number of nitrogens with one attached hydrogen (secondary N) is 1. The third-order valence-electron chi connectivity index (χ3n) is 3.37. The molecule has 0 saturated heterocycles. The Labute approximate surface area is 153 Å². The Kier molecular flexibility index (Phi) is 7.22. The zero-order valence-electron chi connectivity index (χ0n) is 14.8. The summed E-state index contributed by atoms with van der Waals surface area (Å²) < 4.78 is 10.4. The predicted molar refractivity (Wildman–Crippen MR) is 104 cm³/mol. The Balaban J connectivity index is 2.26. The van der Waals surface area contributed by atoms with Gasteiger partial charge in [-0.15, -0.1) is 6.42 Å². The summed E-state index contributed by atoms with van der Waals surface area (Å²) in [5.41, 5.74) is 2.21. The maximum atomic E-state index is 10.2. The molecular formula is C20H21N3O3. The van der Waals surface area contributed by atoms with E-state index in [0.717, 1.165) is 11.3 Å². The zero-order chi connectivity index (χ0) is 18.8. The number of anilines is 1. The van der Waals surface area contributed by atoms with Gasteiger partial charge in [0.25, 0.3) is 0 Å². The highest BCUT2D eigenvalue weighted by Crippen LogP contribution is 2.27. The molecule has 0 bridgehead atoms. The number of ether oxygens (including phenoxy) is 2. The topological polar surface area (TPSA) is 75.4 Å². The first-order chi connectivity index (χ1) is 12.7. The van der Waals surface area contributed by atoms with Crippen LogP contribution in [-0.2, 0) is 4.74 Å². The Morgan fingerprint density at radius 2 is 2.12 bits per heavy atom. The molecule has 0 fully saturated rings. The molecule has 134 valence electrons. The Bertz CT molecular complexity index is 838. The second kappa shape index (κ2) is 9.87. The predicted octanol–water partition coefficient (Wildman–Crippen LogP) is 2.92. The Hall–Kier alpha value is -3.30. The molecule has 0 saturated carbocycles. The minimum atomic E-state index is 0.0129. The van der Waals surface area contributed by atoms with E-state index in [1.165, 1.54) is 6.34 Å². The van der Waals surface area contributed by atoms with E-state index in [-0.39, 0.29) is 5.75 Å². The number of benzene rings is 2. The maximum Gasteiger partial charge on any atom is 0.161 e. The summed E-state index contributed by atoms with van der Waals surface area (Å²) in [5, 5.41) is 13.4.